The summed E-state index contributed by atoms with van der Waals surface area (Å²) < 4.78 is 0. The average Bonchev–Trinajstić information content (AvgIpc) is 1.94. The Hall–Kier alpha value is -0.830. The molecule has 4 heteroatoms. The van der Waals surface area contributed by atoms with Crippen LogP contribution in [0.15, 0.2) is 6.20 Å². The number of nitrogens with one attached hydrogen (secondary N) is 1. The molecule has 0 amide bonds. The van der Waals surface area contributed by atoms with Gasteiger partial charge in [0.2, 0.25) is 0 Å². The Kier molecular flexibility index (Phi) is 2.06. The van der Waals surface area contributed by atoms with E-state index in [9.17, 15) is 0 Å². The Morgan fingerprint density at radius 1 is 1.60 bits per heavy atom. The Morgan fingerprint density at radius 3 is 2.80 bits per heavy atom. The highest BCUT2D eigenvalue weighted by molar-refractivity contribution is 6.31. The van der Waals surface area contributed by atoms with Gasteiger partial charge < -0.3 is 5.32 Å². The van der Waals surface area contributed by atoms with Gasteiger partial charge in [-0.3, -0.25) is 0 Å². The summed E-state index contributed by atoms with van der Waals surface area (Å²) in [6.07, 6.45) is 1.63. The van der Waals surface area contributed by atoms with Crippen LogP contribution in [0, 0.1) is 6.92 Å². The van der Waals surface area contributed by atoms with Crippen LogP contribution in [0.1, 0.15) is 5.69 Å². The predicted molar refractivity (Wildman–Crippen MR) is 41.3 cm³/mol. The normalized spacial score (nSPS) is 9.50. The molecule has 0 atom stereocenters. The highest BCUT2D eigenvalue weighted by Crippen LogP contribution is 2.14. The first-order valence-electron chi connectivity index (χ1n) is 2.91. The second-order valence-electron chi connectivity index (χ2n) is 1.90. The molecule has 1 aromatic heterocycles. The van der Waals surface area contributed by atoms with Crippen molar-refractivity contribution in [3.05, 3.63) is 17.0 Å². The van der Waals surface area contributed by atoms with Crippen molar-refractivity contribution in [3.63, 3.8) is 0 Å². The molecular formula is C6H8ClN3. The molecule has 1 aromatic rings. The number of aryl methyl sites for hydroxylation is 1. The topological polar surface area (TPSA) is 37.8 Å². The third-order valence-corrected chi connectivity index (χ3v) is 1.36. The summed E-state index contributed by atoms with van der Waals surface area (Å²) in [5.74, 6) is 0.627. The summed E-state index contributed by atoms with van der Waals surface area (Å²) >= 11 is 5.66. The molecule has 10 heavy (non-hydrogen) atoms. The van der Waals surface area contributed by atoms with E-state index in [2.05, 4.69) is 15.3 Å². The highest BCUT2D eigenvalue weighted by atomic mass is 35.5. The van der Waals surface area contributed by atoms with E-state index in [1.807, 2.05) is 6.92 Å². The van der Waals surface area contributed by atoms with Gasteiger partial charge in [0, 0.05) is 7.05 Å². The zero-order valence-corrected chi connectivity index (χ0v) is 6.61. The van der Waals surface area contributed by atoms with E-state index in [1.54, 1.807) is 13.2 Å². The van der Waals surface area contributed by atoms with Crippen LogP contribution in [0.5, 0.6) is 0 Å². The number of nitrogens with zero attached hydrogens (tertiary/aromatic N) is 2. The highest BCUT2D eigenvalue weighted by Gasteiger charge is 1.98. The second kappa shape index (κ2) is 2.84. The van der Waals surface area contributed by atoms with E-state index < -0.39 is 0 Å². The van der Waals surface area contributed by atoms with Crippen LogP contribution in [-0.4, -0.2) is 17.0 Å². The van der Waals surface area contributed by atoms with Crippen molar-refractivity contribution in [3.8, 4) is 0 Å². The maximum absolute atomic E-state index is 5.66. The first kappa shape index (κ1) is 7.28. The number of hydrogen-bond donors (Lipinski definition) is 1. The fraction of sp³-hybridized carbons (Fsp3) is 0.333. The van der Waals surface area contributed by atoms with Crippen LogP contribution >= 0.6 is 11.6 Å². The van der Waals surface area contributed by atoms with Crippen molar-refractivity contribution in [2.75, 3.05) is 12.4 Å². The van der Waals surface area contributed by atoms with E-state index in [4.69, 9.17) is 11.6 Å². The van der Waals surface area contributed by atoms with E-state index >= 15 is 0 Å². The zero-order chi connectivity index (χ0) is 7.56. The minimum atomic E-state index is 0.410. The van der Waals surface area contributed by atoms with Crippen molar-refractivity contribution in [2.45, 2.75) is 6.92 Å². The molecule has 1 rings (SSSR count). The van der Waals surface area contributed by atoms with Gasteiger partial charge in [-0.15, -0.1) is 0 Å². The molecule has 1 heterocycles. The molecule has 0 spiro atoms. The van der Waals surface area contributed by atoms with Crippen LogP contribution in [0.25, 0.3) is 0 Å². The van der Waals surface area contributed by atoms with Gasteiger partial charge in [0.1, 0.15) is 0 Å². The van der Waals surface area contributed by atoms with E-state index in [0.29, 0.717) is 11.0 Å². The SMILES string of the molecule is CNc1nc(C)cnc1Cl. The quantitative estimate of drug-likeness (QED) is 0.671. The number of aromatic nitrogens is 2. The van der Waals surface area contributed by atoms with Crippen LogP contribution in [0.3, 0.4) is 0 Å². The summed E-state index contributed by atoms with van der Waals surface area (Å²) in [5, 5.41) is 3.24. The molecule has 0 fully saturated rings. The van der Waals surface area contributed by atoms with Crippen molar-refractivity contribution < 1.29 is 0 Å². The first-order chi connectivity index (χ1) is 4.74. The van der Waals surface area contributed by atoms with Gasteiger partial charge in [-0.25, -0.2) is 9.97 Å². The minimum absolute atomic E-state index is 0.410. The molecule has 0 aliphatic rings. The molecular weight excluding hydrogens is 150 g/mol. The van der Waals surface area contributed by atoms with Crippen LogP contribution in [-0.2, 0) is 0 Å². The lowest BCUT2D eigenvalue weighted by Crippen LogP contribution is -1.96. The number of anilines is 1. The largest absolute Gasteiger partial charge is 0.371 e. The molecule has 0 aromatic carbocycles. The Balaban J connectivity index is 3.09. The lowest BCUT2D eigenvalue weighted by molar-refractivity contribution is 1.11. The molecule has 1 N–H and O–H groups in total. The monoisotopic (exact) mass is 157 g/mol. The van der Waals surface area contributed by atoms with Crippen molar-refractivity contribution in [1.29, 1.82) is 0 Å². The fourth-order valence-corrected chi connectivity index (χ4v) is 0.807. The minimum Gasteiger partial charge on any atom is -0.371 e. The number of rotatable bonds is 1. The molecule has 0 bridgehead atoms. The molecule has 0 radical (unpaired) electrons. The molecule has 0 unspecified atom stereocenters. The Bertz CT molecular complexity index is 236. The Labute approximate surface area is 64.5 Å². The summed E-state index contributed by atoms with van der Waals surface area (Å²) in [6, 6.07) is 0. The lowest BCUT2D eigenvalue weighted by atomic mass is 10.5. The summed E-state index contributed by atoms with van der Waals surface area (Å²) in [4.78, 5) is 7.98. The van der Waals surface area contributed by atoms with Gasteiger partial charge in [0.25, 0.3) is 0 Å². The summed E-state index contributed by atoms with van der Waals surface area (Å²) in [7, 11) is 1.76. The number of hydrogen-bond acceptors (Lipinski definition) is 3. The molecule has 0 saturated carbocycles. The predicted octanol–water partition coefficient (Wildman–Crippen LogP) is 1.48. The third-order valence-electron chi connectivity index (χ3n) is 1.09. The van der Waals surface area contributed by atoms with E-state index in [1.165, 1.54) is 0 Å². The van der Waals surface area contributed by atoms with Crippen molar-refractivity contribution in [2.24, 2.45) is 0 Å². The van der Waals surface area contributed by atoms with Gasteiger partial charge in [-0.05, 0) is 6.92 Å². The summed E-state index contributed by atoms with van der Waals surface area (Å²) in [5.41, 5.74) is 0.855. The maximum atomic E-state index is 5.66. The maximum Gasteiger partial charge on any atom is 0.171 e. The first-order valence-corrected chi connectivity index (χ1v) is 3.28. The zero-order valence-electron chi connectivity index (χ0n) is 5.85. The second-order valence-corrected chi connectivity index (χ2v) is 2.26. The van der Waals surface area contributed by atoms with Crippen LogP contribution in [0.4, 0.5) is 5.82 Å². The van der Waals surface area contributed by atoms with Crippen molar-refractivity contribution >= 4 is 17.4 Å². The molecule has 0 aliphatic heterocycles. The molecule has 0 aliphatic carbocycles. The van der Waals surface area contributed by atoms with Gasteiger partial charge in [-0.1, -0.05) is 11.6 Å². The standard InChI is InChI=1S/C6H8ClN3/c1-4-3-9-5(7)6(8-2)10-4/h3H,1-2H3,(H,8,10). The summed E-state index contributed by atoms with van der Waals surface area (Å²) in [6.45, 7) is 1.87. The van der Waals surface area contributed by atoms with E-state index in [0.717, 1.165) is 5.69 Å². The van der Waals surface area contributed by atoms with Crippen LogP contribution in [0.2, 0.25) is 5.15 Å². The number of halogens is 1. The lowest BCUT2D eigenvalue weighted by Gasteiger charge is -2.00. The van der Waals surface area contributed by atoms with E-state index in [-0.39, 0.29) is 0 Å². The van der Waals surface area contributed by atoms with Gasteiger partial charge in [0.05, 0.1) is 11.9 Å². The van der Waals surface area contributed by atoms with Gasteiger partial charge >= 0.3 is 0 Å². The van der Waals surface area contributed by atoms with Crippen molar-refractivity contribution in [1.82, 2.24) is 9.97 Å². The molecule has 54 valence electrons. The smallest absolute Gasteiger partial charge is 0.171 e. The van der Waals surface area contributed by atoms with Gasteiger partial charge in [-0.2, -0.15) is 0 Å². The molecule has 0 saturated heterocycles. The third kappa shape index (κ3) is 1.36. The van der Waals surface area contributed by atoms with Gasteiger partial charge in [0.15, 0.2) is 11.0 Å². The van der Waals surface area contributed by atoms with Crippen LogP contribution < -0.4 is 5.32 Å². The Morgan fingerprint density at radius 2 is 2.30 bits per heavy atom. The molecule has 3 nitrogen and oxygen atoms in total. The average molecular weight is 158 g/mol. The fourth-order valence-electron chi connectivity index (χ4n) is 0.622.